The highest BCUT2D eigenvalue weighted by atomic mass is 79.9. The summed E-state index contributed by atoms with van der Waals surface area (Å²) >= 11 is 3.44. The number of nitrogens with zero attached hydrogens (tertiary/aromatic N) is 2. The lowest BCUT2D eigenvalue weighted by molar-refractivity contribution is 0.833. The Morgan fingerprint density at radius 3 is 2.52 bits per heavy atom. The van der Waals surface area contributed by atoms with Gasteiger partial charge in [0, 0.05) is 4.48 Å². The van der Waals surface area contributed by atoms with E-state index in [4.69, 9.17) is 4.98 Å². The highest BCUT2D eigenvalue weighted by Crippen LogP contribution is 2.20. The summed E-state index contributed by atoms with van der Waals surface area (Å²) in [5.41, 5.74) is 3.28. The molecule has 1 heterocycles. The van der Waals surface area contributed by atoms with Crippen molar-refractivity contribution < 1.29 is 0 Å². The molecule has 0 aliphatic rings. The van der Waals surface area contributed by atoms with E-state index in [1.807, 2.05) is 42.5 Å². The van der Waals surface area contributed by atoms with Crippen LogP contribution in [0.25, 0.3) is 23.2 Å². The molecule has 0 radical (unpaired) electrons. The molecule has 0 atom stereocenters. The maximum Gasteiger partial charge on any atom is 0.134 e. The number of fused-ring (bicyclic) bond motifs is 1. The molecule has 3 aromatic rings. The zero-order valence-corrected chi connectivity index (χ0v) is 13.1. The largest absolute Gasteiger partial charge is 0.319 e. The molecule has 3 heteroatoms. The van der Waals surface area contributed by atoms with Gasteiger partial charge in [-0.25, -0.2) is 4.98 Å². The molecule has 0 saturated carbocycles. The monoisotopic (exact) mass is 338 g/mol. The summed E-state index contributed by atoms with van der Waals surface area (Å²) in [6, 6.07) is 18.4. The maximum atomic E-state index is 4.70. The van der Waals surface area contributed by atoms with E-state index in [0.717, 1.165) is 26.9 Å². The molecule has 0 saturated heterocycles. The Labute approximate surface area is 132 Å². The average molecular weight is 339 g/mol. The molecule has 0 fully saturated rings. The molecule has 0 amide bonds. The molecule has 1 aromatic heterocycles. The molecule has 3 rings (SSSR count). The minimum atomic E-state index is 0.703. The van der Waals surface area contributed by atoms with Crippen molar-refractivity contribution in [3.05, 3.63) is 77.0 Å². The molecule has 0 unspecified atom stereocenters. The van der Waals surface area contributed by atoms with Gasteiger partial charge in [0.1, 0.15) is 5.82 Å². The molecule has 21 heavy (non-hydrogen) atoms. The second kappa shape index (κ2) is 6.10. The number of imidazole rings is 1. The fourth-order valence-electron chi connectivity index (χ4n) is 2.29. The van der Waals surface area contributed by atoms with Gasteiger partial charge in [0.2, 0.25) is 0 Å². The molecule has 2 nitrogen and oxygen atoms in total. The Kier molecular flexibility index (Phi) is 4.02. The molecule has 0 spiro atoms. The summed E-state index contributed by atoms with van der Waals surface area (Å²) in [7, 11) is 0. The van der Waals surface area contributed by atoms with Gasteiger partial charge in [-0.05, 0) is 23.8 Å². The zero-order valence-electron chi connectivity index (χ0n) is 11.5. The molecule has 104 valence electrons. The van der Waals surface area contributed by atoms with Crippen LogP contribution in [0.5, 0.6) is 0 Å². The topological polar surface area (TPSA) is 17.8 Å². The van der Waals surface area contributed by atoms with Crippen molar-refractivity contribution in [1.82, 2.24) is 9.55 Å². The van der Waals surface area contributed by atoms with Crippen LogP contribution in [0, 0.1) is 0 Å². The van der Waals surface area contributed by atoms with Crippen molar-refractivity contribution >= 4 is 39.1 Å². The number of rotatable bonds is 4. The van der Waals surface area contributed by atoms with Crippen LogP contribution < -0.4 is 0 Å². The highest BCUT2D eigenvalue weighted by molar-refractivity contribution is 9.11. The third-order valence-electron chi connectivity index (χ3n) is 3.24. The Bertz CT molecular complexity index is 800. The van der Waals surface area contributed by atoms with E-state index >= 15 is 0 Å². The second-order valence-corrected chi connectivity index (χ2v) is 5.93. The first kappa shape index (κ1) is 13.8. The third kappa shape index (κ3) is 3.14. The first-order valence-corrected chi connectivity index (χ1v) is 7.55. The van der Waals surface area contributed by atoms with Crippen molar-refractivity contribution in [2.75, 3.05) is 0 Å². The van der Waals surface area contributed by atoms with Crippen LogP contribution in [-0.2, 0) is 6.54 Å². The van der Waals surface area contributed by atoms with E-state index in [2.05, 4.69) is 51.4 Å². The van der Waals surface area contributed by atoms with E-state index in [1.54, 1.807) is 0 Å². The highest BCUT2D eigenvalue weighted by Gasteiger charge is 2.08. The lowest BCUT2D eigenvalue weighted by Crippen LogP contribution is -1.99. The van der Waals surface area contributed by atoms with Gasteiger partial charge in [-0.3, -0.25) is 0 Å². The van der Waals surface area contributed by atoms with Gasteiger partial charge >= 0.3 is 0 Å². The Hall–Kier alpha value is -2.13. The maximum absolute atomic E-state index is 4.70. The molecular formula is C18H15BrN2. The molecule has 0 aliphatic carbocycles. The number of benzene rings is 2. The fourth-order valence-corrected chi connectivity index (χ4v) is 2.54. The van der Waals surface area contributed by atoms with Crippen molar-refractivity contribution in [3.63, 3.8) is 0 Å². The Morgan fingerprint density at radius 1 is 1.05 bits per heavy atom. The third-order valence-corrected chi connectivity index (χ3v) is 3.49. The zero-order chi connectivity index (χ0) is 14.7. The number of para-hydroxylation sites is 2. The van der Waals surface area contributed by atoms with E-state index in [1.165, 1.54) is 0 Å². The first-order chi connectivity index (χ1) is 10.2. The minimum Gasteiger partial charge on any atom is -0.319 e. The smallest absolute Gasteiger partial charge is 0.134 e. The number of halogens is 1. The van der Waals surface area contributed by atoms with E-state index in [-0.39, 0.29) is 0 Å². The average Bonchev–Trinajstić information content (AvgIpc) is 2.84. The first-order valence-electron chi connectivity index (χ1n) is 6.76. The normalized spacial score (nSPS) is 11.3. The minimum absolute atomic E-state index is 0.703. The van der Waals surface area contributed by atoms with Crippen LogP contribution in [0.1, 0.15) is 11.4 Å². The lowest BCUT2D eigenvalue weighted by Gasteiger charge is -2.05. The van der Waals surface area contributed by atoms with E-state index < -0.39 is 0 Å². The number of hydrogen-bond donors (Lipinski definition) is 0. The van der Waals surface area contributed by atoms with Crippen LogP contribution in [0.15, 0.2) is 65.7 Å². The summed E-state index contributed by atoms with van der Waals surface area (Å²) < 4.78 is 3.09. The van der Waals surface area contributed by atoms with Crippen LogP contribution in [0.4, 0.5) is 0 Å². The fraction of sp³-hybridized carbons (Fsp3) is 0.0556. The predicted molar refractivity (Wildman–Crippen MR) is 93.2 cm³/mol. The van der Waals surface area contributed by atoms with Gasteiger partial charge in [-0.1, -0.05) is 71.0 Å². The molecule has 0 bridgehead atoms. The lowest BCUT2D eigenvalue weighted by atomic mass is 10.2. The van der Waals surface area contributed by atoms with Gasteiger partial charge in [0.15, 0.2) is 0 Å². The Balaban J connectivity index is 2.04. The molecule has 0 N–H and O–H groups in total. The van der Waals surface area contributed by atoms with Crippen molar-refractivity contribution in [2.24, 2.45) is 0 Å². The van der Waals surface area contributed by atoms with Gasteiger partial charge in [0.05, 0.1) is 17.6 Å². The SMILES string of the molecule is C=C(Br)Cn1c(C=Cc2ccccc2)nc2ccccc21. The second-order valence-electron chi connectivity index (χ2n) is 4.81. The standard InChI is InChI=1S/C18H15BrN2/c1-14(19)13-21-17-10-6-5-9-16(17)20-18(21)12-11-15-7-3-2-4-8-15/h2-12H,1,13H2. The van der Waals surface area contributed by atoms with Gasteiger partial charge in [-0.2, -0.15) is 0 Å². The number of aromatic nitrogens is 2. The van der Waals surface area contributed by atoms with Crippen LogP contribution in [0.3, 0.4) is 0 Å². The van der Waals surface area contributed by atoms with Gasteiger partial charge in [0.25, 0.3) is 0 Å². The van der Waals surface area contributed by atoms with E-state index in [0.29, 0.717) is 6.54 Å². The van der Waals surface area contributed by atoms with Crippen molar-refractivity contribution in [3.8, 4) is 0 Å². The number of hydrogen-bond acceptors (Lipinski definition) is 1. The predicted octanol–water partition coefficient (Wildman–Crippen LogP) is 5.12. The summed E-state index contributed by atoms with van der Waals surface area (Å²) in [5.74, 6) is 0.931. The quantitative estimate of drug-likeness (QED) is 0.645. The van der Waals surface area contributed by atoms with E-state index in [9.17, 15) is 0 Å². The molecule has 2 aromatic carbocycles. The van der Waals surface area contributed by atoms with Crippen molar-refractivity contribution in [2.45, 2.75) is 6.54 Å². The Morgan fingerprint density at radius 2 is 1.76 bits per heavy atom. The summed E-state index contributed by atoms with van der Waals surface area (Å²) in [6.45, 7) is 4.64. The molecule has 0 aliphatic heterocycles. The summed E-state index contributed by atoms with van der Waals surface area (Å²) in [4.78, 5) is 4.70. The van der Waals surface area contributed by atoms with Crippen LogP contribution in [-0.4, -0.2) is 9.55 Å². The van der Waals surface area contributed by atoms with Crippen molar-refractivity contribution in [1.29, 1.82) is 0 Å². The van der Waals surface area contributed by atoms with Crippen LogP contribution >= 0.6 is 15.9 Å². The van der Waals surface area contributed by atoms with Gasteiger partial charge in [-0.15, -0.1) is 0 Å². The summed E-state index contributed by atoms with van der Waals surface area (Å²) in [5, 5.41) is 0. The van der Waals surface area contributed by atoms with Crippen LogP contribution in [0.2, 0.25) is 0 Å². The van der Waals surface area contributed by atoms with Gasteiger partial charge < -0.3 is 4.57 Å². The number of allylic oxidation sites excluding steroid dienone is 1. The summed E-state index contributed by atoms with van der Waals surface area (Å²) in [6.07, 6.45) is 4.12. The molecular weight excluding hydrogens is 324 g/mol.